The predicted octanol–water partition coefficient (Wildman–Crippen LogP) is 3.25. The van der Waals surface area contributed by atoms with E-state index in [1.807, 2.05) is 19.1 Å². The molecular weight excluding hydrogens is 368 g/mol. The van der Waals surface area contributed by atoms with Gasteiger partial charge >= 0.3 is 0 Å². The van der Waals surface area contributed by atoms with Gasteiger partial charge < -0.3 is 5.11 Å². The van der Waals surface area contributed by atoms with Crippen LogP contribution in [-0.4, -0.2) is 34.3 Å². The molecule has 0 bridgehead atoms. The molecule has 1 aliphatic rings. The van der Waals surface area contributed by atoms with E-state index in [2.05, 4.69) is 0 Å². The molecule has 1 N–H and O–H groups in total. The lowest BCUT2D eigenvalue weighted by Gasteiger charge is -2.39. The average Bonchev–Trinajstić information content (AvgIpc) is 2.62. The van der Waals surface area contributed by atoms with E-state index in [4.69, 9.17) is 0 Å². The third-order valence-corrected chi connectivity index (χ3v) is 8.78. The van der Waals surface area contributed by atoms with E-state index in [1.165, 1.54) is 12.1 Å². The molecule has 0 aromatic heterocycles. The van der Waals surface area contributed by atoms with Gasteiger partial charge in [0.2, 0.25) is 0 Å². The summed E-state index contributed by atoms with van der Waals surface area (Å²) < 4.78 is 38.7. The van der Waals surface area contributed by atoms with Gasteiger partial charge in [0.15, 0.2) is 9.84 Å². The van der Waals surface area contributed by atoms with Crippen LogP contribution in [0.5, 0.6) is 0 Å². The fraction of sp³-hybridized carbons (Fsp3) is 0.400. The van der Waals surface area contributed by atoms with E-state index in [0.717, 1.165) is 18.4 Å². The fourth-order valence-corrected chi connectivity index (χ4v) is 7.10. The van der Waals surface area contributed by atoms with Gasteiger partial charge in [-0.1, -0.05) is 48.7 Å². The van der Waals surface area contributed by atoms with Crippen LogP contribution in [-0.2, 0) is 20.6 Å². The third kappa shape index (κ3) is 4.08. The molecule has 1 saturated carbocycles. The van der Waals surface area contributed by atoms with Crippen LogP contribution in [0.3, 0.4) is 0 Å². The largest absolute Gasteiger partial charge is 0.388 e. The zero-order valence-corrected chi connectivity index (χ0v) is 16.4. The van der Waals surface area contributed by atoms with Crippen molar-refractivity contribution in [1.82, 2.24) is 0 Å². The summed E-state index contributed by atoms with van der Waals surface area (Å²) in [4.78, 5) is 0.830. The van der Waals surface area contributed by atoms with Crippen molar-refractivity contribution in [2.45, 2.75) is 53.2 Å². The Balaban J connectivity index is 1.90. The summed E-state index contributed by atoms with van der Waals surface area (Å²) >= 11 is 0. The van der Waals surface area contributed by atoms with Gasteiger partial charge in [0.05, 0.1) is 32.3 Å². The van der Waals surface area contributed by atoms with Crippen molar-refractivity contribution >= 4 is 20.6 Å². The van der Waals surface area contributed by atoms with E-state index in [0.29, 0.717) is 17.7 Å². The second-order valence-corrected chi connectivity index (χ2v) is 10.6. The molecule has 0 spiro atoms. The molecule has 0 saturated heterocycles. The van der Waals surface area contributed by atoms with E-state index in [9.17, 15) is 17.7 Å². The second-order valence-electron chi connectivity index (χ2n) is 7.02. The highest BCUT2D eigenvalue weighted by atomic mass is 32.2. The number of sulfone groups is 1. The van der Waals surface area contributed by atoms with Crippen LogP contribution in [0, 0.1) is 6.92 Å². The van der Waals surface area contributed by atoms with Crippen molar-refractivity contribution in [3.8, 4) is 0 Å². The van der Waals surface area contributed by atoms with Gasteiger partial charge in [0.25, 0.3) is 0 Å². The second kappa shape index (κ2) is 7.62. The first-order valence-electron chi connectivity index (χ1n) is 8.79. The van der Waals surface area contributed by atoms with Gasteiger partial charge in [-0.15, -0.1) is 0 Å². The third-order valence-electron chi connectivity index (χ3n) is 4.98. The topological polar surface area (TPSA) is 71.4 Å². The van der Waals surface area contributed by atoms with Crippen LogP contribution in [0.15, 0.2) is 64.4 Å². The Morgan fingerprint density at radius 3 is 2.38 bits per heavy atom. The maximum atomic E-state index is 13.1. The minimum absolute atomic E-state index is 0.193. The standard InChI is InChI=1S/C20H24O4S2/c1-16-10-12-17(13-11-16)25(22)19-9-5-6-14-20(19,21)15-26(23,24)18-7-3-2-4-8-18/h2-4,7-8,10-13,19,21H,5-6,9,14-15H2,1H3/t19-,20-,25?/m0/s1. The first-order chi connectivity index (χ1) is 12.3. The van der Waals surface area contributed by atoms with Crippen LogP contribution >= 0.6 is 0 Å². The zero-order valence-electron chi connectivity index (χ0n) is 14.8. The van der Waals surface area contributed by atoms with E-state index < -0.39 is 37.2 Å². The summed E-state index contributed by atoms with van der Waals surface area (Å²) in [5, 5.41) is 10.7. The maximum Gasteiger partial charge on any atom is 0.181 e. The Morgan fingerprint density at radius 1 is 1.08 bits per heavy atom. The number of hydrogen-bond donors (Lipinski definition) is 1. The summed E-state index contributed by atoms with van der Waals surface area (Å²) in [5.74, 6) is -0.397. The number of benzene rings is 2. The van der Waals surface area contributed by atoms with Crippen molar-refractivity contribution in [2.75, 3.05) is 5.75 Å². The normalized spacial score (nSPS) is 24.9. The molecule has 0 amide bonds. The van der Waals surface area contributed by atoms with Gasteiger partial charge in [-0.05, 0) is 44.0 Å². The summed E-state index contributed by atoms with van der Waals surface area (Å²) in [6.07, 6.45) is 2.49. The van der Waals surface area contributed by atoms with Crippen LogP contribution in [0.2, 0.25) is 0 Å². The lowest BCUT2D eigenvalue weighted by molar-refractivity contribution is 0.0309. The van der Waals surface area contributed by atoms with E-state index in [-0.39, 0.29) is 4.90 Å². The molecule has 2 aromatic carbocycles. The number of aliphatic hydroxyl groups is 1. The van der Waals surface area contributed by atoms with Crippen molar-refractivity contribution in [1.29, 1.82) is 0 Å². The van der Waals surface area contributed by atoms with Crippen LogP contribution < -0.4 is 0 Å². The van der Waals surface area contributed by atoms with Gasteiger partial charge in [-0.25, -0.2) is 8.42 Å². The van der Waals surface area contributed by atoms with Crippen LogP contribution in [0.4, 0.5) is 0 Å². The molecular formula is C20H24O4S2. The molecule has 140 valence electrons. The maximum absolute atomic E-state index is 13.1. The monoisotopic (exact) mass is 392 g/mol. The Labute approximate surface area is 157 Å². The molecule has 1 aliphatic carbocycles. The number of aryl methyl sites for hydroxylation is 1. The van der Waals surface area contributed by atoms with E-state index in [1.54, 1.807) is 30.3 Å². The molecule has 3 rings (SSSR count). The first kappa shape index (κ1) is 19.3. The molecule has 1 unspecified atom stereocenters. The highest BCUT2D eigenvalue weighted by Crippen LogP contribution is 2.36. The summed E-state index contributed by atoms with van der Waals surface area (Å²) in [6.45, 7) is 1.95. The molecule has 2 aromatic rings. The van der Waals surface area contributed by atoms with Gasteiger partial charge in [-0.2, -0.15) is 0 Å². The predicted molar refractivity (Wildman–Crippen MR) is 103 cm³/mol. The summed E-state index contributed by atoms with van der Waals surface area (Å²) in [6, 6.07) is 15.5. The van der Waals surface area contributed by atoms with Gasteiger partial charge in [-0.3, -0.25) is 4.21 Å². The minimum Gasteiger partial charge on any atom is -0.388 e. The highest BCUT2D eigenvalue weighted by Gasteiger charge is 2.46. The molecule has 0 heterocycles. The molecule has 3 atom stereocenters. The highest BCUT2D eigenvalue weighted by molar-refractivity contribution is 7.91. The van der Waals surface area contributed by atoms with Crippen molar-refractivity contribution in [3.63, 3.8) is 0 Å². The Kier molecular flexibility index (Phi) is 5.65. The van der Waals surface area contributed by atoms with E-state index >= 15 is 0 Å². The Hall–Kier alpha value is -1.50. The molecule has 1 fully saturated rings. The quantitative estimate of drug-likeness (QED) is 0.848. The Morgan fingerprint density at radius 2 is 1.73 bits per heavy atom. The number of hydrogen-bond acceptors (Lipinski definition) is 4. The smallest absolute Gasteiger partial charge is 0.181 e. The minimum atomic E-state index is -3.66. The SMILES string of the molecule is Cc1ccc(S(=O)[C@H]2CCCC[C@]2(O)CS(=O)(=O)c2ccccc2)cc1. The zero-order chi connectivity index (χ0) is 18.8. The molecule has 0 aliphatic heterocycles. The van der Waals surface area contributed by atoms with Crippen LogP contribution in [0.1, 0.15) is 31.2 Å². The van der Waals surface area contributed by atoms with Crippen molar-refractivity contribution in [2.24, 2.45) is 0 Å². The average molecular weight is 393 g/mol. The lowest BCUT2D eigenvalue weighted by Crippen LogP contribution is -2.51. The van der Waals surface area contributed by atoms with Crippen molar-refractivity contribution in [3.05, 3.63) is 60.2 Å². The van der Waals surface area contributed by atoms with Crippen molar-refractivity contribution < 1.29 is 17.7 Å². The van der Waals surface area contributed by atoms with Gasteiger partial charge in [0, 0.05) is 4.90 Å². The number of rotatable bonds is 5. The lowest BCUT2D eigenvalue weighted by atomic mass is 9.86. The van der Waals surface area contributed by atoms with Crippen LogP contribution in [0.25, 0.3) is 0 Å². The Bertz CT molecular complexity index is 876. The summed E-state index contributed by atoms with van der Waals surface area (Å²) in [5.41, 5.74) is -0.417. The molecule has 4 nitrogen and oxygen atoms in total. The molecule has 26 heavy (non-hydrogen) atoms. The first-order valence-corrected chi connectivity index (χ1v) is 11.7. The summed E-state index contributed by atoms with van der Waals surface area (Å²) in [7, 11) is -5.11. The molecule has 6 heteroatoms. The molecule has 0 radical (unpaired) electrons. The fourth-order valence-electron chi connectivity index (χ4n) is 3.54. The van der Waals surface area contributed by atoms with Gasteiger partial charge in [0.1, 0.15) is 0 Å².